The molecule has 25 heavy (non-hydrogen) atoms. The summed E-state index contributed by atoms with van der Waals surface area (Å²) in [7, 11) is 3.60. The van der Waals surface area contributed by atoms with Gasteiger partial charge in [0.1, 0.15) is 0 Å². The number of aromatic nitrogens is 1. The number of nitrogens with one attached hydrogen (secondary N) is 1. The summed E-state index contributed by atoms with van der Waals surface area (Å²) in [6, 6.07) is 3.81. The first-order chi connectivity index (χ1) is 11.9. The summed E-state index contributed by atoms with van der Waals surface area (Å²) in [5, 5.41) is 2.90. The number of carbonyl (C=O) groups is 1. The lowest BCUT2D eigenvalue weighted by Crippen LogP contribution is -2.68. The van der Waals surface area contributed by atoms with Gasteiger partial charge >= 0.3 is 6.03 Å². The Balaban J connectivity index is 1.61. The average molecular weight is 347 g/mol. The van der Waals surface area contributed by atoms with E-state index < -0.39 is 0 Å². The van der Waals surface area contributed by atoms with Crippen molar-refractivity contribution in [1.29, 1.82) is 0 Å². The summed E-state index contributed by atoms with van der Waals surface area (Å²) in [6.45, 7) is 4.90. The van der Waals surface area contributed by atoms with Crippen LogP contribution in [0, 0.1) is 12.3 Å². The highest BCUT2D eigenvalue weighted by molar-refractivity contribution is 5.74. The largest absolute Gasteiger partial charge is 0.378 e. The van der Waals surface area contributed by atoms with Crippen LogP contribution in [0.15, 0.2) is 16.9 Å². The second kappa shape index (κ2) is 6.83. The highest BCUT2D eigenvalue weighted by atomic mass is 16.5. The van der Waals surface area contributed by atoms with Crippen molar-refractivity contribution in [3.05, 3.63) is 33.7 Å². The number of amides is 2. The van der Waals surface area contributed by atoms with Gasteiger partial charge in [-0.05, 0) is 39.2 Å². The number of carbonyl (C=O) groups excluding carboxylic acids is 1. The summed E-state index contributed by atoms with van der Waals surface area (Å²) >= 11 is 0. The molecular weight excluding hydrogens is 318 g/mol. The topological polar surface area (TPSA) is 63.6 Å². The van der Waals surface area contributed by atoms with Crippen LogP contribution in [0.4, 0.5) is 4.79 Å². The number of hydrogen-bond acceptors (Lipinski definition) is 3. The molecule has 6 heteroatoms. The van der Waals surface area contributed by atoms with Crippen molar-refractivity contribution in [2.45, 2.75) is 58.2 Å². The van der Waals surface area contributed by atoms with Gasteiger partial charge in [0.15, 0.2) is 0 Å². The molecule has 0 radical (unpaired) electrons. The van der Waals surface area contributed by atoms with E-state index >= 15 is 0 Å². The first kappa shape index (κ1) is 18.0. The molecule has 3 rings (SSSR count). The molecule has 1 N–H and O–H groups in total. The van der Waals surface area contributed by atoms with Crippen molar-refractivity contribution in [2.24, 2.45) is 12.5 Å². The van der Waals surface area contributed by atoms with E-state index in [0.29, 0.717) is 5.56 Å². The monoisotopic (exact) mass is 347 g/mol. The molecule has 0 aromatic carbocycles. The van der Waals surface area contributed by atoms with E-state index in [1.165, 1.54) is 6.42 Å². The van der Waals surface area contributed by atoms with Gasteiger partial charge in [0.05, 0.1) is 6.10 Å². The second-order valence-corrected chi connectivity index (χ2v) is 7.42. The minimum Gasteiger partial charge on any atom is -0.378 e. The first-order valence-electron chi connectivity index (χ1n) is 9.18. The molecular formula is C19H29N3O3. The quantitative estimate of drug-likeness (QED) is 0.888. The van der Waals surface area contributed by atoms with Crippen LogP contribution in [0.1, 0.15) is 43.9 Å². The minimum atomic E-state index is -0.117. The third-order valence-corrected chi connectivity index (χ3v) is 6.25. The minimum absolute atomic E-state index is 0.0570. The Bertz CT molecular complexity index is 708. The van der Waals surface area contributed by atoms with Crippen LogP contribution < -0.4 is 10.9 Å². The van der Waals surface area contributed by atoms with E-state index in [2.05, 4.69) is 5.32 Å². The molecule has 1 spiro atoms. The van der Waals surface area contributed by atoms with E-state index in [9.17, 15) is 9.59 Å². The van der Waals surface area contributed by atoms with Crippen LogP contribution >= 0.6 is 0 Å². The van der Waals surface area contributed by atoms with Gasteiger partial charge in [-0.15, -0.1) is 0 Å². The van der Waals surface area contributed by atoms with E-state index in [-0.39, 0.29) is 35.7 Å². The van der Waals surface area contributed by atoms with Crippen LogP contribution in [0.25, 0.3) is 0 Å². The lowest BCUT2D eigenvalue weighted by Gasteiger charge is -2.63. The van der Waals surface area contributed by atoms with E-state index in [0.717, 1.165) is 31.6 Å². The van der Waals surface area contributed by atoms with Crippen LogP contribution in [0.2, 0.25) is 0 Å². The van der Waals surface area contributed by atoms with Crippen molar-refractivity contribution in [2.75, 3.05) is 13.7 Å². The molecule has 6 nitrogen and oxygen atoms in total. The summed E-state index contributed by atoms with van der Waals surface area (Å²) in [5.41, 5.74) is 1.61. The maximum atomic E-state index is 12.6. The van der Waals surface area contributed by atoms with Gasteiger partial charge in [-0.1, -0.05) is 12.5 Å². The lowest BCUT2D eigenvalue weighted by atomic mass is 9.50. The second-order valence-electron chi connectivity index (χ2n) is 7.42. The van der Waals surface area contributed by atoms with Crippen LogP contribution in [0.5, 0.6) is 0 Å². The zero-order valence-corrected chi connectivity index (χ0v) is 15.7. The third-order valence-electron chi connectivity index (χ3n) is 6.25. The Morgan fingerprint density at radius 3 is 2.76 bits per heavy atom. The maximum absolute atomic E-state index is 12.6. The number of ether oxygens (including phenoxy) is 1. The highest BCUT2D eigenvalue weighted by Gasteiger charge is 2.60. The molecule has 0 aliphatic heterocycles. The summed E-state index contributed by atoms with van der Waals surface area (Å²) in [4.78, 5) is 26.6. The van der Waals surface area contributed by atoms with Crippen molar-refractivity contribution in [1.82, 2.24) is 14.8 Å². The van der Waals surface area contributed by atoms with E-state index in [1.54, 1.807) is 17.7 Å². The van der Waals surface area contributed by atoms with Crippen LogP contribution in [0.3, 0.4) is 0 Å². The van der Waals surface area contributed by atoms with Crippen LogP contribution in [-0.4, -0.2) is 41.3 Å². The lowest BCUT2D eigenvalue weighted by molar-refractivity contribution is -0.191. The van der Waals surface area contributed by atoms with Crippen molar-refractivity contribution in [3.8, 4) is 0 Å². The maximum Gasteiger partial charge on any atom is 0.317 e. The van der Waals surface area contributed by atoms with Gasteiger partial charge in [-0.2, -0.15) is 0 Å². The number of aryl methyl sites for hydroxylation is 1. The summed E-state index contributed by atoms with van der Waals surface area (Å²) in [6.07, 6.45) is 4.69. The van der Waals surface area contributed by atoms with Gasteiger partial charge in [-0.3, -0.25) is 4.79 Å². The standard InChI is InChI=1S/C19H29N3O3/c1-5-25-16-11-15(19(16)9-6-10-19)22(4)18(24)20-12-14-8-7-13(2)21(3)17(14)23/h7-8,15-16H,5-6,9-12H2,1-4H3,(H,20,24)/t15-,16+/m0/s1. The first-order valence-corrected chi connectivity index (χ1v) is 9.18. The number of urea groups is 1. The Hall–Kier alpha value is -1.82. The summed E-state index contributed by atoms with van der Waals surface area (Å²) < 4.78 is 7.47. The molecule has 2 amide bonds. The number of pyridine rings is 1. The van der Waals surface area contributed by atoms with Crippen molar-refractivity contribution >= 4 is 6.03 Å². The molecule has 1 aromatic rings. The third kappa shape index (κ3) is 2.97. The molecule has 2 atom stereocenters. The number of hydrogen-bond donors (Lipinski definition) is 1. The van der Waals surface area contributed by atoms with Gasteiger partial charge in [0.25, 0.3) is 5.56 Å². The molecule has 0 bridgehead atoms. The Kier molecular flexibility index (Phi) is 4.91. The van der Waals surface area contributed by atoms with Crippen molar-refractivity contribution < 1.29 is 9.53 Å². The zero-order chi connectivity index (χ0) is 18.2. The average Bonchev–Trinajstić information content (AvgIpc) is 2.53. The van der Waals surface area contributed by atoms with Gasteiger partial charge in [-0.25, -0.2) is 4.79 Å². The molecule has 2 saturated carbocycles. The zero-order valence-electron chi connectivity index (χ0n) is 15.7. The van der Waals surface area contributed by atoms with Gasteiger partial charge in [0.2, 0.25) is 0 Å². The van der Waals surface area contributed by atoms with Crippen molar-refractivity contribution in [3.63, 3.8) is 0 Å². The molecule has 2 fully saturated rings. The molecule has 1 heterocycles. The number of rotatable bonds is 5. The molecule has 0 saturated heterocycles. The fourth-order valence-electron chi connectivity index (χ4n) is 4.30. The SMILES string of the molecule is CCO[C@@H]1C[C@H](N(C)C(=O)NCc2ccc(C)n(C)c2=O)C12CCC2. The predicted molar refractivity (Wildman–Crippen MR) is 96.5 cm³/mol. The Labute approximate surface area is 149 Å². The Morgan fingerprint density at radius 1 is 1.44 bits per heavy atom. The number of nitrogens with zero attached hydrogens (tertiary/aromatic N) is 2. The van der Waals surface area contributed by atoms with Gasteiger partial charge in [0, 0.05) is 50.0 Å². The fraction of sp³-hybridized carbons (Fsp3) is 0.684. The van der Waals surface area contributed by atoms with E-state index in [4.69, 9.17) is 4.74 Å². The molecule has 2 aliphatic rings. The predicted octanol–water partition coefficient (Wildman–Crippen LogP) is 2.18. The summed E-state index contributed by atoms with van der Waals surface area (Å²) in [5.74, 6) is 0. The molecule has 138 valence electrons. The van der Waals surface area contributed by atoms with Crippen LogP contribution in [-0.2, 0) is 18.3 Å². The fourth-order valence-corrected chi connectivity index (χ4v) is 4.30. The molecule has 2 aliphatic carbocycles. The van der Waals surface area contributed by atoms with E-state index in [1.807, 2.05) is 31.9 Å². The normalized spacial score (nSPS) is 23.7. The Morgan fingerprint density at radius 2 is 2.16 bits per heavy atom. The molecule has 1 aromatic heterocycles. The molecule has 0 unspecified atom stereocenters. The smallest absolute Gasteiger partial charge is 0.317 e. The highest BCUT2D eigenvalue weighted by Crippen LogP contribution is 2.58. The van der Waals surface area contributed by atoms with Gasteiger partial charge < -0.3 is 19.5 Å².